The Morgan fingerprint density at radius 1 is 1.24 bits per heavy atom. The van der Waals surface area contributed by atoms with E-state index in [2.05, 4.69) is 0 Å². The van der Waals surface area contributed by atoms with Crippen LogP contribution in [-0.2, 0) is 23.8 Å². The summed E-state index contributed by atoms with van der Waals surface area (Å²) in [4.78, 5) is 21.9. The maximum absolute atomic E-state index is 14.6. The smallest absolute Gasteiger partial charge is 0.305 e. The molecule has 1 saturated heterocycles. The van der Waals surface area contributed by atoms with Gasteiger partial charge in [-0.15, -0.1) is 0 Å². The van der Waals surface area contributed by atoms with E-state index in [4.69, 9.17) is 14.2 Å². The standard InChI is InChI=1S/C11H17FO5/c1-6-11(5,17-8(3)14)10(4,12)9(15-6)16-7(2)13/h6,9H,1-5H3/t6-,9?,10+,11?/m1/s1. The van der Waals surface area contributed by atoms with Gasteiger partial charge in [0.15, 0.2) is 5.60 Å². The van der Waals surface area contributed by atoms with E-state index in [1.165, 1.54) is 20.8 Å². The minimum Gasteiger partial charge on any atom is -0.453 e. The Morgan fingerprint density at radius 3 is 2.18 bits per heavy atom. The van der Waals surface area contributed by atoms with Crippen LogP contribution in [0, 0.1) is 0 Å². The minimum atomic E-state index is -2.11. The first-order valence-corrected chi connectivity index (χ1v) is 5.32. The Bertz CT molecular complexity index is 341. The van der Waals surface area contributed by atoms with Crippen LogP contribution in [0.5, 0.6) is 0 Å². The monoisotopic (exact) mass is 248 g/mol. The van der Waals surface area contributed by atoms with Crippen molar-refractivity contribution in [2.45, 2.75) is 58.3 Å². The highest BCUT2D eigenvalue weighted by atomic mass is 19.1. The van der Waals surface area contributed by atoms with Gasteiger partial charge in [-0.1, -0.05) is 0 Å². The van der Waals surface area contributed by atoms with Gasteiger partial charge in [-0.2, -0.15) is 0 Å². The molecule has 4 atom stereocenters. The second-order valence-electron chi connectivity index (χ2n) is 4.50. The van der Waals surface area contributed by atoms with Gasteiger partial charge in [-0.3, -0.25) is 9.59 Å². The van der Waals surface area contributed by atoms with Gasteiger partial charge in [-0.05, 0) is 20.8 Å². The Labute approximate surface area is 99.2 Å². The molecule has 0 aromatic heterocycles. The molecule has 0 radical (unpaired) electrons. The third-order valence-corrected chi connectivity index (χ3v) is 3.15. The molecule has 0 aromatic rings. The van der Waals surface area contributed by atoms with Crippen LogP contribution in [0.25, 0.3) is 0 Å². The maximum Gasteiger partial charge on any atom is 0.305 e. The van der Waals surface area contributed by atoms with Gasteiger partial charge in [0.25, 0.3) is 0 Å². The summed E-state index contributed by atoms with van der Waals surface area (Å²) in [5, 5.41) is 0. The summed E-state index contributed by atoms with van der Waals surface area (Å²) in [5.41, 5.74) is -3.59. The summed E-state index contributed by atoms with van der Waals surface area (Å²) >= 11 is 0. The molecule has 0 aliphatic carbocycles. The summed E-state index contributed by atoms with van der Waals surface area (Å²) in [5.74, 6) is -1.27. The number of carbonyl (C=O) groups is 2. The summed E-state index contributed by atoms with van der Waals surface area (Å²) in [6.07, 6.45) is -2.09. The second-order valence-corrected chi connectivity index (χ2v) is 4.50. The Balaban J connectivity index is 3.00. The van der Waals surface area contributed by atoms with E-state index < -0.39 is 35.6 Å². The number of carbonyl (C=O) groups excluding carboxylic acids is 2. The van der Waals surface area contributed by atoms with Gasteiger partial charge in [0, 0.05) is 13.8 Å². The fourth-order valence-electron chi connectivity index (χ4n) is 1.84. The number of hydrogen-bond donors (Lipinski definition) is 0. The molecular weight excluding hydrogens is 231 g/mol. The highest BCUT2D eigenvalue weighted by molar-refractivity contribution is 5.67. The molecule has 98 valence electrons. The Hall–Kier alpha value is -1.17. The number of esters is 2. The number of hydrogen-bond acceptors (Lipinski definition) is 5. The summed E-state index contributed by atoms with van der Waals surface area (Å²) in [6.45, 7) is 6.51. The fraction of sp³-hybridized carbons (Fsp3) is 0.818. The molecule has 5 nitrogen and oxygen atoms in total. The summed E-state index contributed by atoms with van der Waals surface area (Å²) in [7, 11) is 0. The first-order valence-electron chi connectivity index (χ1n) is 5.32. The maximum atomic E-state index is 14.6. The van der Waals surface area contributed by atoms with Crippen molar-refractivity contribution in [1.82, 2.24) is 0 Å². The predicted molar refractivity (Wildman–Crippen MR) is 55.8 cm³/mol. The number of rotatable bonds is 2. The zero-order valence-electron chi connectivity index (χ0n) is 10.6. The molecule has 6 heteroatoms. The first kappa shape index (κ1) is 13.9. The molecule has 0 aromatic carbocycles. The van der Waals surface area contributed by atoms with Crippen LogP contribution in [0.2, 0.25) is 0 Å². The van der Waals surface area contributed by atoms with Crippen molar-refractivity contribution in [2.24, 2.45) is 0 Å². The van der Waals surface area contributed by atoms with Crippen LogP contribution in [0.15, 0.2) is 0 Å². The van der Waals surface area contributed by atoms with Gasteiger partial charge in [-0.25, -0.2) is 4.39 Å². The van der Waals surface area contributed by atoms with Crippen LogP contribution >= 0.6 is 0 Å². The topological polar surface area (TPSA) is 61.8 Å². The molecule has 1 aliphatic rings. The molecule has 1 heterocycles. The van der Waals surface area contributed by atoms with Gasteiger partial charge >= 0.3 is 11.9 Å². The number of halogens is 1. The van der Waals surface area contributed by atoms with Crippen molar-refractivity contribution >= 4 is 11.9 Å². The third-order valence-electron chi connectivity index (χ3n) is 3.15. The Morgan fingerprint density at radius 2 is 1.76 bits per heavy atom. The summed E-state index contributed by atoms with van der Waals surface area (Å²) < 4.78 is 29.6. The van der Waals surface area contributed by atoms with Crippen molar-refractivity contribution in [1.29, 1.82) is 0 Å². The van der Waals surface area contributed by atoms with Gasteiger partial charge in [0.1, 0.15) is 6.10 Å². The van der Waals surface area contributed by atoms with E-state index >= 15 is 0 Å². The summed E-state index contributed by atoms with van der Waals surface area (Å²) in [6, 6.07) is 0. The molecule has 0 amide bonds. The molecule has 17 heavy (non-hydrogen) atoms. The van der Waals surface area contributed by atoms with Crippen molar-refractivity contribution < 1.29 is 28.2 Å². The van der Waals surface area contributed by atoms with Crippen LogP contribution in [0.4, 0.5) is 4.39 Å². The van der Waals surface area contributed by atoms with Crippen LogP contribution in [0.3, 0.4) is 0 Å². The first-order chi connectivity index (χ1) is 7.61. The van der Waals surface area contributed by atoms with E-state index in [1.54, 1.807) is 6.92 Å². The average Bonchev–Trinajstić information content (AvgIpc) is 2.26. The lowest BCUT2D eigenvalue weighted by Crippen LogP contribution is -2.54. The molecular formula is C11H17FO5. The van der Waals surface area contributed by atoms with E-state index in [0.717, 1.165) is 6.92 Å². The van der Waals surface area contributed by atoms with Crippen molar-refractivity contribution in [3.8, 4) is 0 Å². The highest BCUT2D eigenvalue weighted by Gasteiger charge is 2.65. The SMILES string of the molecule is CC(=O)OC1O[C@H](C)C(C)(OC(C)=O)[C@@]1(C)F. The third kappa shape index (κ3) is 2.26. The molecule has 1 aliphatic heterocycles. The average molecular weight is 248 g/mol. The molecule has 2 unspecified atom stereocenters. The van der Waals surface area contributed by atoms with Crippen LogP contribution in [0.1, 0.15) is 34.6 Å². The zero-order chi connectivity index (χ0) is 13.4. The highest BCUT2D eigenvalue weighted by Crippen LogP contribution is 2.45. The zero-order valence-corrected chi connectivity index (χ0v) is 10.6. The molecule has 0 bridgehead atoms. The second kappa shape index (κ2) is 4.25. The van der Waals surface area contributed by atoms with Gasteiger partial charge in [0.05, 0.1) is 0 Å². The lowest BCUT2D eigenvalue weighted by Gasteiger charge is -2.35. The lowest BCUT2D eigenvalue weighted by molar-refractivity contribution is -0.194. The minimum absolute atomic E-state index is 0.615. The molecule has 1 fully saturated rings. The van der Waals surface area contributed by atoms with Crippen LogP contribution < -0.4 is 0 Å². The van der Waals surface area contributed by atoms with Gasteiger partial charge in [0.2, 0.25) is 12.0 Å². The molecule has 0 N–H and O–H groups in total. The van der Waals surface area contributed by atoms with Gasteiger partial charge < -0.3 is 14.2 Å². The van der Waals surface area contributed by atoms with Crippen molar-refractivity contribution in [3.05, 3.63) is 0 Å². The molecule has 0 saturated carbocycles. The number of alkyl halides is 1. The normalized spacial score (nSPS) is 41.1. The van der Waals surface area contributed by atoms with E-state index in [1.807, 2.05) is 0 Å². The quantitative estimate of drug-likeness (QED) is 0.690. The molecule has 1 rings (SSSR count). The van der Waals surface area contributed by atoms with E-state index in [9.17, 15) is 14.0 Å². The molecule has 0 spiro atoms. The Kier molecular flexibility index (Phi) is 3.47. The van der Waals surface area contributed by atoms with Crippen molar-refractivity contribution in [2.75, 3.05) is 0 Å². The lowest BCUT2D eigenvalue weighted by atomic mass is 9.85. The van der Waals surface area contributed by atoms with Crippen LogP contribution in [-0.4, -0.2) is 35.6 Å². The van der Waals surface area contributed by atoms with E-state index in [-0.39, 0.29) is 0 Å². The number of ether oxygens (including phenoxy) is 3. The fourth-order valence-corrected chi connectivity index (χ4v) is 1.84. The van der Waals surface area contributed by atoms with Crippen molar-refractivity contribution in [3.63, 3.8) is 0 Å². The largest absolute Gasteiger partial charge is 0.453 e. The predicted octanol–water partition coefficient (Wildman–Crippen LogP) is 1.34. The van der Waals surface area contributed by atoms with E-state index in [0.29, 0.717) is 0 Å².